The topological polar surface area (TPSA) is 43.8 Å². The molecule has 0 aliphatic heterocycles. The Kier molecular flexibility index (Phi) is 2.82. The van der Waals surface area contributed by atoms with Gasteiger partial charge in [0.25, 0.3) is 0 Å². The molecule has 0 aliphatic rings. The first-order chi connectivity index (χ1) is 6.62. The minimum absolute atomic E-state index is 0.0163. The van der Waals surface area contributed by atoms with Gasteiger partial charge in [-0.1, -0.05) is 0 Å². The van der Waals surface area contributed by atoms with E-state index in [1.54, 1.807) is 0 Å². The van der Waals surface area contributed by atoms with Crippen LogP contribution in [0, 0.1) is 0 Å². The molecule has 0 amide bonds. The van der Waals surface area contributed by atoms with E-state index < -0.39 is 12.2 Å². The van der Waals surface area contributed by atoms with E-state index in [4.69, 9.17) is 5.73 Å². The van der Waals surface area contributed by atoms with Crippen molar-refractivity contribution in [2.75, 3.05) is 0 Å². The molecule has 86 valence electrons. The van der Waals surface area contributed by atoms with E-state index in [1.807, 2.05) is 20.8 Å². The van der Waals surface area contributed by atoms with Gasteiger partial charge >= 0.3 is 6.18 Å². The molecule has 6 heteroatoms. The molecule has 1 atom stereocenters. The monoisotopic (exact) mass is 221 g/mol. The Morgan fingerprint density at radius 1 is 1.33 bits per heavy atom. The summed E-state index contributed by atoms with van der Waals surface area (Å²) >= 11 is 0. The van der Waals surface area contributed by atoms with Gasteiger partial charge in [0.2, 0.25) is 0 Å². The summed E-state index contributed by atoms with van der Waals surface area (Å²) in [5.74, 6) is 0. The Morgan fingerprint density at radius 3 is 2.20 bits per heavy atom. The summed E-state index contributed by atoms with van der Waals surface area (Å²) in [6, 6.07) is -1.96. The van der Waals surface area contributed by atoms with Crippen LogP contribution in [0.2, 0.25) is 0 Å². The van der Waals surface area contributed by atoms with Crippen LogP contribution in [-0.2, 0) is 5.54 Å². The molecule has 0 fully saturated rings. The van der Waals surface area contributed by atoms with Crippen LogP contribution in [0.5, 0.6) is 0 Å². The lowest BCUT2D eigenvalue weighted by atomic mass is 10.1. The Morgan fingerprint density at radius 2 is 1.87 bits per heavy atom. The van der Waals surface area contributed by atoms with Crippen molar-refractivity contribution >= 4 is 0 Å². The van der Waals surface area contributed by atoms with Gasteiger partial charge in [0.05, 0.1) is 11.7 Å². The predicted molar refractivity (Wildman–Crippen MR) is 50.2 cm³/mol. The number of alkyl halides is 3. The molecular formula is C9H14F3N3. The number of nitrogens with zero attached hydrogens (tertiary/aromatic N) is 2. The van der Waals surface area contributed by atoms with Gasteiger partial charge in [0.1, 0.15) is 6.04 Å². The summed E-state index contributed by atoms with van der Waals surface area (Å²) in [6.07, 6.45) is -1.94. The number of halogens is 3. The smallest absolute Gasteiger partial charge is 0.316 e. The van der Waals surface area contributed by atoms with Crippen molar-refractivity contribution in [3.05, 3.63) is 18.0 Å². The Labute approximate surface area is 86.1 Å². The number of hydrogen-bond acceptors (Lipinski definition) is 2. The quantitative estimate of drug-likeness (QED) is 0.790. The van der Waals surface area contributed by atoms with Crippen molar-refractivity contribution < 1.29 is 13.2 Å². The van der Waals surface area contributed by atoms with Crippen molar-refractivity contribution in [3.8, 4) is 0 Å². The molecule has 0 radical (unpaired) electrons. The Hall–Kier alpha value is -1.04. The van der Waals surface area contributed by atoms with E-state index in [9.17, 15) is 13.2 Å². The molecular weight excluding hydrogens is 207 g/mol. The predicted octanol–water partition coefficient (Wildman–Crippen LogP) is 2.20. The minimum Gasteiger partial charge on any atom is -0.316 e. The highest BCUT2D eigenvalue weighted by molar-refractivity contribution is 5.12. The first-order valence-corrected chi connectivity index (χ1v) is 4.49. The molecule has 0 aliphatic carbocycles. The molecule has 1 aromatic rings. The van der Waals surface area contributed by atoms with E-state index in [0.29, 0.717) is 0 Å². The highest BCUT2D eigenvalue weighted by Gasteiger charge is 2.38. The third-order valence-electron chi connectivity index (χ3n) is 2.00. The summed E-state index contributed by atoms with van der Waals surface area (Å²) in [6.45, 7) is 5.55. The fourth-order valence-corrected chi connectivity index (χ4v) is 1.05. The fraction of sp³-hybridized carbons (Fsp3) is 0.667. The van der Waals surface area contributed by atoms with Crippen molar-refractivity contribution in [1.82, 2.24) is 9.78 Å². The summed E-state index contributed by atoms with van der Waals surface area (Å²) in [4.78, 5) is 0. The van der Waals surface area contributed by atoms with Gasteiger partial charge in [0, 0.05) is 11.8 Å². The summed E-state index contributed by atoms with van der Waals surface area (Å²) in [5, 5.41) is 3.86. The summed E-state index contributed by atoms with van der Waals surface area (Å²) in [7, 11) is 0. The van der Waals surface area contributed by atoms with E-state index in [1.165, 1.54) is 10.9 Å². The zero-order valence-electron chi connectivity index (χ0n) is 8.84. The lowest BCUT2D eigenvalue weighted by Crippen LogP contribution is -2.28. The Balaban J connectivity index is 2.95. The van der Waals surface area contributed by atoms with Gasteiger partial charge in [-0.25, -0.2) is 0 Å². The lowest BCUT2D eigenvalue weighted by Gasteiger charge is -2.19. The zero-order valence-corrected chi connectivity index (χ0v) is 8.84. The molecule has 0 saturated heterocycles. The van der Waals surface area contributed by atoms with Crippen LogP contribution in [0.3, 0.4) is 0 Å². The maximum absolute atomic E-state index is 12.3. The van der Waals surface area contributed by atoms with Crippen molar-refractivity contribution in [1.29, 1.82) is 0 Å². The van der Waals surface area contributed by atoms with Gasteiger partial charge in [-0.05, 0) is 20.8 Å². The highest BCUT2D eigenvalue weighted by Crippen LogP contribution is 2.30. The van der Waals surface area contributed by atoms with Crippen molar-refractivity contribution in [3.63, 3.8) is 0 Å². The van der Waals surface area contributed by atoms with Crippen LogP contribution in [0.15, 0.2) is 12.4 Å². The summed E-state index contributed by atoms with van der Waals surface area (Å²) < 4.78 is 38.3. The van der Waals surface area contributed by atoms with Gasteiger partial charge in [-0.15, -0.1) is 0 Å². The van der Waals surface area contributed by atoms with Crippen molar-refractivity contribution in [2.45, 2.75) is 38.5 Å². The van der Waals surface area contributed by atoms with E-state index in [-0.39, 0.29) is 11.1 Å². The molecule has 0 bridgehead atoms. The van der Waals surface area contributed by atoms with Gasteiger partial charge in [-0.3, -0.25) is 4.68 Å². The number of aromatic nitrogens is 2. The number of nitrogens with two attached hydrogens (primary N) is 1. The van der Waals surface area contributed by atoms with Crippen molar-refractivity contribution in [2.24, 2.45) is 5.73 Å². The SMILES string of the molecule is CC(C)(C)n1cc(C(N)C(F)(F)F)cn1. The molecule has 1 aromatic heterocycles. The van der Waals surface area contributed by atoms with E-state index in [0.717, 1.165) is 6.20 Å². The van der Waals surface area contributed by atoms with Crippen LogP contribution < -0.4 is 5.73 Å². The molecule has 1 unspecified atom stereocenters. The third-order valence-corrected chi connectivity index (χ3v) is 2.00. The molecule has 0 saturated carbocycles. The Bertz CT molecular complexity index is 335. The van der Waals surface area contributed by atoms with E-state index in [2.05, 4.69) is 5.10 Å². The van der Waals surface area contributed by atoms with Crippen LogP contribution in [0.1, 0.15) is 32.4 Å². The van der Waals surface area contributed by atoms with E-state index >= 15 is 0 Å². The second-order valence-corrected chi connectivity index (χ2v) is 4.41. The highest BCUT2D eigenvalue weighted by atomic mass is 19.4. The minimum atomic E-state index is -4.42. The van der Waals surface area contributed by atoms with Gasteiger partial charge in [0.15, 0.2) is 0 Å². The molecule has 1 heterocycles. The summed E-state index contributed by atoms with van der Waals surface area (Å²) in [5.41, 5.74) is 4.69. The van der Waals surface area contributed by atoms with Gasteiger partial charge < -0.3 is 5.73 Å². The van der Waals surface area contributed by atoms with Gasteiger partial charge in [-0.2, -0.15) is 18.3 Å². The van der Waals surface area contributed by atoms with Crippen LogP contribution in [0.25, 0.3) is 0 Å². The standard InChI is InChI=1S/C9H14F3N3/c1-8(2,3)15-5-6(4-14-15)7(13)9(10,11)12/h4-5,7H,13H2,1-3H3. The number of rotatable bonds is 1. The molecule has 2 N–H and O–H groups in total. The fourth-order valence-electron chi connectivity index (χ4n) is 1.05. The largest absolute Gasteiger partial charge is 0.407 e. The zero-order chi connectivity index (χ0) is 11.9. The normalized spacial score (nSPS) is 15.4. The molecule has 3 nitrogen and oxygen atoms in total. The maximum atomic E-state index is 12.3. The first kappa shape index (κ1) is 12.0. The molecule has 0 aromatic carbocycles. The average molecular weight is 221 g/mol. The van der Waals surface area contributed by atoms with Crippen LogP contribution in [0.4, 0.5) is 13.2 Å². The molecule has 15 heavy (non-hydrogen) atoms. The molecule has 1 rings (SSSR count). The number of hydrogen-bond donors (Lipinski definition) is 1. The lowest BCUT2D eigenvalue weighted by molar-refractivity contribution is -0.149. The second kappa shape index (κ2) is 3.52. The average Bonchev–Trinajstić information content (AvgIpc) is 2.47. The second-order valence-electron chi connectivity index (χ2n) is 4.41. The van der Waals surface area contributed by atoms with Crippen LogP contribution in [-0.4, -0.2) is 16.0 Å². The van der Waals surface area contributed by atoms with Crippen LogP contribution >= 0.6 is 0 Å². The maximum Gasteiger partial charge on any atom is 0.407 e. The first-order valence-electron chi connectivity index (χ1n) is 4.49. The third kappa shape index (κ3) is 2.71. The molecule has 0 spiro atoms.